The predicted molar refractivity (Wildman–Crippen MR) is 74.9 cm³/mol. The monoisotopic (exact) mass is 283 g/mol. The van der Waals surface area contributed by atoms with Gasteiger partial charge in [-0.3, -0.25) is 9.80 Å². The number of halogens is 2. The Balaban J connectivity index is 1.49. The summed E-state index contributed by atoms with van der Waals surface area (Å²) in [6.07, 6.45) is 0. The van der Waals surface area contributed by atoms with Crippen LogP contribution in [0.5, 0.6) is 0 Å². The number of hydrogen-bond acceptors (Lipinski definition) is 3. The van der Waals surface area contributed by atoms with Crippen molar-refractivity contribution in [2.45, 2.75) is 12.6 Å². The average molecular weight is 284 g/mol. The first-order valence-corrected chi connectivity index (χ1v) is 7.21. The van der Waals surface area contributed by atoms with Gasteiger partial charge >= 0.3 is 0 Å². The Morgan fingerprint density at radius 3 is 2.68 bits per heavy atom. The van der Waals surface area contributed by atoms with E-state index in [2.05, 4.69) is 15.1 Å². The molecule has 0 spiro atoms. The van der Waals surface area contributed by atoms with Crippen molar-refractivity contribution in [2.75, 3.05) is 39.3 Å². The average Bonchev–Trinajstić information content (AvgIpc) is 2.38. The Morgan fingerprint density at radius 2 is 2.00 bits per heavy atom. The predicted octanol–water partition coefficient (Wildman–Crippen LogP) is 1.57. The molecule has 19 heavy (non-hydrogen) atoms. The molecule has 2 saturated heterocycles. The van der Waals surface area contributed by atoms with Gasteiger partial charge in [-0.2, -0.15) is 0 Å². The van der Waals surface area contributed by atoms with Crippen molar-refractivity contribution >= 4 is 11.6 Å². The van der Waals surface area contributed by atoms with E-state index in [4.69, 9.17) is 11.6 Å². The van der Waals surface area contributed by atoms with Gasteiger partial charge in [0.15, 0.2) is 0 Å². The number of hydrogen-bond donors (Lipinski definition) is 1. The largest absolute Gasteiger partial charge is 0.314 e. The molecule has 0 saturated carbocycles. The number of rotatable bonds is 3. The molecule has 1 aromatic carbocycles. The van der Waals surface area contributed by atoms with E-state index < -0.39 is 0 Å². The van der Waals surface area contributed by atoms with Crippen molar-refractivity contribution in [1.82, 2.24) is 15.1 Å². The second-order valence-electron chi connectivity index (χ2n) is 5.38. The van der Waals surface area contributed by atoms with Crippen LogP contribution in [0.15, 0.2) is 18.2 Å². The molecular weight excluding hydrogens is 265 g/mol. The van der Waals surface area contributed by atoms with Gasteiger partial charge in [0.1, 0.15) is 5.82 Å². The lowest BCUT2D eigenvalue weighted by Gasteiger charge is -2.46. The molecule has 2 fully saturated rings. The van der Waals surface area contributed by atoms with E-state index in [1.807, 2.05) is 6.07 Å². The quantitative estimate of drug-likeness (QED) is 0.908. The zero-order valence-electron chi connectivity index (χ0n) is 10.9. The molecule has 0 aliphatic carbocycles. The molecule has 1 N–H and O–H groups in total. The molecule has 2 heterocycles. The van der Waals surface area contributed by atoms with Crippen LogP contribution in [0.25, 0.3) is 0 Å². The molecule has 104 valence electrons. The molecule has 0 unspecified atom stereocenters. The highest BCUT2D eigenvalue weighted by molar-refractivity contribution is 6.30. The summed E-state index contributed by atoms with van der Waals surface area (Å²) in [4.78, 5) is 4.91. The minimum Gasteiger partial charge on any atom is -0.314 e. The van der Waals surface area contributed by atoms with Crippen LogP contribution in [-0.4, -0.2) is 55.1 Å². The van der Waals surface area contributed by atoms with E-state index in [9.17, 15) is 4.39 Å². The standard InChI is InChI=1S/C14H19ClFN3/c15-13-2-1-11(7-14(13)16)8-18-9-12(10-18)19-5-3-17-4-6-19/h1-2,7,12,17H,3-6,8-10H2. The fourth-order valence-electron chi connectivity index (χ4n) is 2.85. The normalized spacial score (nSPS) is 22.4. The van der Waals surface area contributed by atoms with Gasteiger partial charge in [0.2, 0.25) is 0 Å². The maximum absolute atomic E-state index is 13.4. The van der Waals surface area contributed by atoms with Crippen molar-refractivity contribution in [3.63, 3.8) is 0 Å². The van der Waals surface area contributed by atoms with Gasteiger partial charge in [-0.25, -0.2) is 4.39 Å². The van der Waals surface area contributed by atoms with E-state index in [0.29, 0.717) is 6.04 Å². The maximum atomic E-state index is 13.4. The number of likely N-dealkylation sites (tertiary alicyclic amines) is 1. The molecule has 5 heteroatoms. The highest BCUT2D eigenvalue weighted by atomic mass is 35.5. The smallest absolute Gasteiger partial charge is 0.142 e. The van der Waals surface area contributed by atoms with E-state index in [0.717, 1.165) is 51.4 Å². The Bertz CT molecular complexity index is 442. The van der Waals surface area contributed by atoms with Gasteiger partial charge in [0.25, 0.3) is 0 Å². The molecule has 0 amide bonds. The summed E-state index contributed by atoms with van der Waals surface area (Å²) in [5.41, 5.74) is 1.00. The highest BCUT2D eigenvalue weighted by Crippen LogP contribution is 2.21. The van der Waals surface area contributed by atoms with Crippen LogP contribution in [-0.2, 0) is 6.54 Å². The zero-order valence-corrected chi connectivity index (χ0v) is 11.7. The van der Waals surface area contributed by atoms with Crippen LogP contribution in [0.1, 0.15) is 5.56 Å². The third-order valence-electron chi connectivity index (χ3n) is 4.00. The van der Waals surface area contributed by atoms with E-state index in [1.165, 1.54) is 0 Å². The summed E-state index contributed by atoms with van der Waals surface area (Å²) in [6.45, 7) is 7.48. The number of benzene rings is 1. The molecule has 1 aromatic rings. The zero-order chi connectivity index (χ0) is 13.2. The Labute approximate surface area is 118 Å². The van der Waals surface area contributed by atoms with Gasteiger partial charge < -0.3 is 5.32 Å². The SMILES string of the molecule is Fc1cc(CN2CC(N3CCNCC3)C2)ccc1Cl. The molecule has 3 rings (SSSR count). The molecule has 2 aliphatic heterocycles. The summed E-state index contributed by atoms with van der Waals surface area (Å²) in [5.74, 6) is -0.321. The third-order valence-corrected chi connectivity index (χ3v) is 4.30. The third kappa shape index (κ3) is 3.08. The fraction of sp³-hybridized carbons (Fsp3) is 0.571. The van der Waals surface area contributed by atoms with Crippen LogP contribution in [0, 0.1) is 5.82 Å². The summed E-state index contributed by atoms with van der Waals surface area (Å²) >= 11 is 5.69. The molecule has 2 aliphatic rings. The first-order valence-electron chi connectivity index (χ1n) is 6.83. The Hall–Kier alpha value is -0.680. The maximum Gasteiger partial charge on any atom is 0.142 e. The lowest BCUT2D eigenvalue weighted by molar-refractivity contribution is 0.0223. The molecule has 0 aromatic heterocycles. The lowest BCUT2D eigenvalue weighted by Crippen LogP contribution is -2.62. The van der Waals surface area contributed by atoms with Crippen molar-refractivity contribution in [1.29, 1.82) is 0 Å². The van der Waals surface area contributed by atoms with Crippen molar-refractivity contribution < 1.29 is 4.39 Å². The second-order valence-corrected chi connectivity index (χ2v) is 5.79. The van der Waals surface area contributed by atoms with Crippen molar-refractivity contribution in [3.05, 3.63) is 34.6 Å². The van der Waals surface area contributed by atoms with Gasteiger partial charge in [0.05, 0.1) is 5.02 Å². The van der Waals surface area contributed by atoms with E-state index >= 15 is 0 Å². The van der Waals surface area contributed by atoms with Crippen LogP contribution >= 0.6 is 11.6 Å². The van der Waals surface area contributed by atoms with Crippen LogP contribution in [0.2, 0.25) is 5.02 Å². The second kappa shape index (κ2) is 5.75. The summed E-state index contributed by atoms with van der Waals surface area (Å²) in [5, 5.41) is 3.57. The van der Waals surface area contributed by atoms with Crippen molar-refractivity contribution in [3.8, 4) is 0 Å². The number of nitrogens with one attached hydrogen (secondary N) is 1. The van der Waals surface area contributed by atoms with Crippen molar-refractivity contribution in [2.24, 2.45) is 0 Å². The highest BCUT2D eigenvalue weighted by Gasteiger charge is 2.31. The fourth-order valence-corrected chi connectivity index (χ4v) is 2.96. The number of piperazine rings is 1. The summed E-state index contributed by atoms with van der Waals surface area (Å²) in [7, 11) is 0. The van der Waals surface area contributed by atoms with Gasteiger partial charge in [-0.05, 0) is 17.7 Å². The first-order chi connectivity index (χ1) is 9.22. The van der Waals surface area contributed by atoms with Crippen LogP contribution in [0.3, 0.4) is 0 Å². The molecule has 0 radical (unpaired) electrons. The minimum absolute atomic E-state index is 0.200. The summed E-state index contributed by atoms with van der Waals surface area (Å²) < 4.78 is 13.4. The van der Waals surface area contributed by atoms with Gasteiger partial charge in [-0.1, -0.05) is 17.7 Å². The minimum atomic E-state index is -0.321. The molecular formula is C14H19ClFN3. The molecule has 0 bridgehead atoms. The first kappa shape index (κ1) is 13.3. The van der Waals surface area contributed by atoms with Gasteiger partial charge in [0, 0.05) is 51.9 Å². The lowest BCUT2D eigenvalue weighted by atomic mass is 10.0. The van der Waals surface area contributed by atoms with E-state index in [1.54, 1.807) is 12.1 Å². The van der Waals surface area contributed by atoms with Crippen LogP contribution < -0.4 is 5.32 Å². The van der Waals surface area contributed by atoms with Crippen LogP contribution in [0.4, 0.5) is 4.39 Å². The Kier molecular flexibility index (Phi) is 4.03. The molecule has 3 nitrogen and oxygen atoms in total. The number of nitrogens with zero attached hydrogens (tertiary/aromatic N) is 2. The summed E-state index contributed by atoms with van der Waals surface area (Å²) in [6, 6.07) is 5.77. The topological polar surface area (TPSA) is 18.5 Å². The Morgan fingerprint density at radius 1 is 1.26 bits per heavy atom. The van der Waals surface area contributed by atoms with Gasteiger partial charge in [-0.15, -0.1) is 0 Å². The molecule has 0 atom stereocenters. The van der Waals surface area contributed by atoms with E-state index in [-0.39, 0.29) is 10.8 Å².